The summed E-state index contributed by atoms with van der Waals surface area (Å²) in [6.45, 7) is 2.06. The Morgan fingerprint density at radius 1 is 1.20 bits per heavy atom. The number of esters is 1. The molecule has 0 saturated heterocycles. The fraction of sp³-hybridized carbons (Fsp3) is 0.400. The quantitative estimate of drug-likeness (QED) is 0.421. The average Bonchev–Trinajstić information content (AvgIpc) is 2.49. The van der Waals surface area contributed by atoms with Gasteiger partial charge < -0.3 is 19.5 Å². The van der Waals surface area contributed by atoms with Crippen LogP contribution in [0.15, 0.2) is 30.3 Å². The maximum atomic E-state index is 11.4. The Morgan fingerprint density at radius 2 is 1.95 bits per heavy atom. The van der Waals surface area contributed by atoms with Crippen LogP contribution < -0.4 is 10.1 Å². The smallest absolute Gasteiger partial charge is 0.330 e. The predicted octanol–water partition coefficient (Wildman–Crippen LogP) is 1.49. The average molecular weight is 279 g/mol. The molecule has 1 rings (SSSR count). The van der Waals surface area contributed by atoms with E-state index in [0.717, 1.165) is 17.9 Å². The van der Waals surface area contributed by atoms with Crippen LogP contribution in [0.25, 0.3) is 6.08 Å². The number of hydrogen-bond acceptors (Lipinski definition) is 5. The molecule has 0 amide bonds. The Kier molecular flexibility index (Phi) is 8.10. The molecule has 0 unspecified atom stereocenters. The Balaban J connectivity index is 2.22. The van der Waals surface area contributed by atoms with E-state index in [0.29, 0.717) is 13.2 Å². The van der Waals surface area contributed by atoms with Gasteiger partial charge in [-0.2, -0.15) is 0 Å². The van der Waals surface area contributed by atoms with Crippen LogP contribution >= 0.6 is 0 Å². The van der Waals surface area contributed by atoms with Crippen molar-refractivity contribution in [3.8, 4) is 5.75 Å². The molecule has 110 valence electrons. The third-order valence-corrected chi connectivity index (χ3v) is 2.50. The van der Waals surface area contributed by atoms with Gasteiger partial charge in [-0.1, -0.05) is 12.1 Å². The van der Waals surface area contributed by atoms with Crippen molar-refractivity contribution in [2.45, 2.75) is 0 Å². The molecule has 0 aliphatic heterocycles. The summed E-state index contributed by atoms with van der Waals surface area (Å²) in [5, 5.41) is 2.96. The highest BCUT2D eigenvalue weighted by Crippen LogP contribution is 2.12. The van der Waals surface area contributed by atoms with E-state index in [4.69, 9.17) is 14.2 Å². The van der Waals surface area contributed by atoms with E-state index < -0.39 is 0 Å². The van der Waals surface area contributed by atoms with E-state index in [1.165, 1.54) is 6.08 Å². The molecule has 0 saturated carbocycles. The lowest BCUT2D eigenvalue weighted by molar-refractivity contribution is -0.139. The van der Waals surface area contributed by atoms with Crippen LogP contribution in [0.4, 0.5) is 0 Å². The van der Waals surface area contributed by atoms with Crippen molar-refractivity contribution in [2.75, 3.05) is 40.5 Å². The number of benzene rings is 1. The first kappa shape index (κ1) is 16.2. The minimum atomic E-state index is -0.377. The Labute approximate surface area is 119 Å². The molecule has 1 N–H and O–H groups in total. The van der Waals surface area contributed by atoms with Crippen molar-refractivity contribution in [3.63, 3.8) is 0 Å². The highest BCUT2D eigenvalue weighted by Gasteiger charge is 1.97. The first-order chi connectivity index (χ1) is 9.76. The van der Waals surface area contributed by atoms with Crippen LogP contribution in [0.5, 0.6) is 5.75 Å². The maximum absolute atomic E-state index is 11.4. The van der Waals surface area contributed by atoms with Crippen molar-refractivity contribution < 1.29 is 19.0 Å². The van der Waals surface area contributed by atoms with Gasteiger partial charge >= 0.3 is 5.97 Å². The van der Waals surface area contributed by atoms with Gasteiger partial charge in [0.2, 0.25) is 0 Å². The lowest BCUT2D eigenvalue weighted by Crippen LogP contribution is -2.16. The van der Waals surface area contributed by atoms with Gasteiger partial charge in [-0.05, 0) is 30.8 Å². The highest BCUT2D eigenvalue weighted by molar-refractivity contribution is 5.87. The molecular weight excluding hydrogens is 258 g/mol. The van der Waals surface area contributed by atoms with Crippen LogP contribution in [0.3, 0.4) is 0 Å². The van der Waals surface area contributed by atoms with Gasteiger partial charge in [0.15, 0.2) is 0 Å². The van der Waals surface area contributed by atoms with E-state index in [1.54, 1.807) is 13.2 Å². The molecule has 0 spiro atoms. The zero-order valence-electron chi connectivity index (χ0n) is 11.9. The van der Waals surface area contributed by atoms with E-state index in [2.05, 4.69) is 5.32 Å². The topological polar surface area (TPSA) is 56.8 Å². The molecule has 5 nitrogen and oxygen atoms in total. The number of carbonyl (C=O) groups excluding carboxylic acids is 1. The zero-order chi connectivity index (χ0) is 14.6. The molecule has 0 heterocycles. The summed E-state index contributed by atoms with van der Waals surface area (Å²) in [6.07, 6.45) is 3.10. The molecule has 5 heteroatoms. The zero-order valence-corrected chi connectivity index (χ0v) is 11.9. The van der Waals surface area contributed by atoms with Gasteiger partial charge in [-0.15, -0.1) is 0 Å². The molecule has 20 heavy (non-hydrogen) atoms. The number of nitrogens with one attached hydrogen (secondary N) is 1. The van der Waals surface area contributed by atoms with E-state index in [9.17, 15) is 4.79 Å². The minimum Gasteiger partial charge on any atom is -0.497 e. The molecule has 1 aromatic carbocycles. The van der Waals surface area contributed by atoms with E-state index in [-0.39, 0.29) is 12.6 Å². The van der Waals surface area contributed by atoms with Gasteiger partial charge in [0.1, 0.15) is 12.4 Å². The summed E-state index contributed by atoms with van der Waals surface area (Å²) >= 11 is 0. The predicted molar refractivity (Wildman–Crippen MR) is 77.7 cm³/mol. The number of hydrogen-bond donors (Lipinski definition) is 1. The standard InChI is InChI=1S/C15H21NO4/c1-16-9-10-19-11-12-20-15(17)8-5-13-3-6-14(18-2)7-4-13/h3-8,16H,9-12H2,1-2H3/b8-5+. The van der Waals surface area contributed by atoms with Gasteiger partial charge in [-0.3, -0.25) is 0 Å². The summed E-state index contributed by atoms with van der Waals surface area (Å²) in [6, 6.07) is 7.40. The van der Waals surface area contributed by atoms with Crippen LogP contribution in [-0.2, 0) is 14.3 Å². The lowest BCUT2D eigenvalue weighted by Gasteiger charge is -2.04. The minimum absolute atomic E-state index is 0.259. The SMILES string of the molecule is CNCCOCCOC(=O)/C=C/c1ccc(OC)cc1. The van der Waals surface area contributed by atoms with Crippen molar-refractivity contribution in [3.05, 3.63) is 35.9 Å². The highest BCUT2D eigenvalue weighted by atomic mass is 16.6. The van der Waals surface area contributed by atoms with Crippen LogP contribution in [0.1, 0.15) is 5.56 Å². The molecule has 0 bridgehead atoms. The Hall–Kier alpha value is -1.85. The molecule has 0 radical (unpaired) electrons. The molecule has 1 aromatic rings. The fourth-order valence-electron chi connectivity index (χ4n) is 1.40. The van der Waals surface area contributed by atoms with E-state index in [1.807, 2.05) is 31.3 Å². The van der Waals surface area contributed by atoms with Gasteiger partial charge in [0, 0.05) is 12.6 Å². The van der Waals surface area contributed by atoms with Gasteiger partial charge in [-0.25, -0.2) is 4.79 Å². The van der Waals surface area contributed by atoms with Crippen LogP contribution in [0, 0.1) is 0 Å². The normalized spacial score (nSPS) is 10.7. The number of likely N-dealkylation sites (N-methyl/N-ethyl adjacent to an activating group) is 1. The Bertz CT molecular complexity index is 414. The van der Waals surface area contributed by atoms with Crippen LogP contribution in [0.2, 0.25) is 0 Å². The van der Waals surface area contributed by atoms with Gasteiger partial charge in [0.05, 0.1) is 20.3 Å². The number of ether oxygens (including phenoxy) is 3. The monoisotopic (exact) mass is 279 g/mol. The third kappa shape index (κ3) is 6.92. The molecule has 0 aliphatic rings. The first-order valence-corrected chi connectivity index (χ1v) is 6.47. The summed E-state index contributed by atoms with van der Waals surface area (Å²) in [4.78, 5) is 11.4. The second-order valence-corrected chi connectivity index (χ2v) is 3.99. The molecule has 0 aliphatic carbocycles. The van der Waals surface area contributed by atoms with Crippen molar-refractivity contribution in [2.24, 2.45) is 0 Å². The number of rotatable bonds is 9. The molecule has 0 atom stereocenters. The second kappa shape index (κ2) is 10.00. The second-order valence-electron chi connectivity index (χ2n) is 3.99. The van der Waals surface area contributed by atoms with Crippen LogP contribution in [-0.4, -0.2) is 46.5 Å². The maximum Gasteiger partial charge on any atom is 0.330 e. The summed E-state index contributed by atoms with van der Waals surface area (Å²) < 4.78 is 15.3. The van der Waals surface area contributed by atoms with E-state index >= 15 is 0 Å². The summed E-state index contributed by atoms with van der Waals surface area (Å²) in [5.41, 5.74) is 0.910. The summed E-state index contributed by atoms with van der Waals surface area (Å²) in [7, 11) is 3.47. The molecule has 0 aromatic heterocycles. The number of carbonyl (C=O) groups is 1. The fourth-order valence-corrected chi connectivity index (χ4v) is 1.40. The molecular formula is C15H21NO4. The van der Waals surface area contributed by atoms with Crippen molar-refractivity contribution in [1.82, 2.24) is 5.32 Å². The van der Waals surface area contributed by atoms with Crippen molar-refractivity contribution in [1.29, 1.82) is 0 Å². The van der Waals surface area contributed by atoms with Gasteiger partial charge in [0.25, 0.3) is 0 Å². The summed E-state index contributed by atoms with van der Waals surface area (Å²) in [5.74, 6) is 0.404. The lowest BCUT2D eigenvalue weighted by atomic mass is 10.2. The third-order valence-electron chi connectivity index (χ3n) is 2.50. The first-order valence-electron chi connectivity index (χ1n) is 6.47. The largest absolute Gasteiger partial charge is 0.497 e. The Morgan fingerprint density at radius 3 is 2.60 bits per heavy atom. The van der Waals surface area contributed by atoms with Crippen molar-refractivity contribution >= 4 is 12.0 Å². The molecule has 0 fully saturated rings. The number of methoxy groups -OCH3 is 1.